The molecular weight excluding hydrogens is 829 g/mol. The van der Waals surface area contributed by atoms with Gasteiger partial charge in [-0.3, -0.25) is 23.0 Å². The third kappa shape index (κ3) is 19.8. The molecule has 2 aromatic carbocycles. The monoisotopic (exact) mass is 868 g/mol. The molecule has 2 aliphatic rings. The maximum Gasteiger partial charge on any atom is 1.00 e. The van der Waals surface area contributed by atoms with Gasteiger partial charge in [-0.15, -0.1) is 0 Å². The molecule has 15 nitrogen and oxygen atoms in total. The summed E-state index contributed by atoms with van der Waals surface area (Å²) < 4.78 is 89.0. The molecule has 274 valence electrons. The Hall–Kier alpha value is -0.157. The molecule has 0 amide bonds. The Morgan fingerprint density at radius 1 is 0.860 bits per heavy atom. The number of carbonyl (C=O) groups is 3. The third-order valence-corrected chi connectivity index (χ3v) is 9.69. The van der Waals surface area contributed by atoms with E-state index in [9.17, 15) is 35.2 Å². The Bertz CT molecular complexity index is 1490. The van der Waals surface area contributed by atoms with Crippen molar-refractivity contribution in [1.29, 1.82) is 0 Å². The van der Waals surface area contributed by atoms with Crippen LogP contribution in [0.25, 0.3) is 0 Å². The van der Waals surface area contributed by atoms with Gasteiger partial charge in [0, 0.05) is 26.2 Å². The second kappa shape index (κ2) is 29.2. The number of nitrogens with zero attached hydrogens (tertiary/aromatic N) is 3. The first-order valence-electron chi connectivity index (χ1n) is 13.9. The van der Waals surface area contributed by atoms with Crippen molar-refractivity contribution in [2.75, 3.05) is 59.9 Å². The number of hydrogen-bond donors (Lipinski definition) is 1. The molecule has 0 aliphatic carbocycles. The van der Waals surface area contributed by atoms with Crippen LogP contribution >= 0.6 is 15.9 Å². The molecule has 2 aliphatic heterocycles. The van der Waals surface area contributed by atoms with E-state index in [2.05, 4.69) is 30.3 Å². The van der Waals surface area contributed by atoms with E-state index in [-0.39, 0.29) is 150 Å². The predicted molar refractivity (Wildman–Crippen MR) is 176 cm³/mol. The number of alkyl halides is 1. The second-order valence-corrected chi connectivity index (χ2v) is 13.1. The molecule has 0 saturated carbocycles. The molecule has 0 bridgehead atoms. The normalized spacial score (nSPS) is 15.4. The molecule has 2 heterocycles. The van der Waals surface area contributed by atoms with Gasteiger partial charge in [0.2, 0.25) is 0 Å². The molecule has 0 spiro atoms. The first-order valence-corrected chi connectivity index (χ1v) is 17.9. The smallest absolute Gasteiger partial charge is 1.00 e. The number of ether oxygens (including phenoxy) is 2. The van der Waals surface area contributed by atoms with Crippen LogP contribution < -0.4 is 121 Å². The van der Waals surface area contributed by atoms with Crippen LogP contribution in [0.15, 0.2) is 48.5 Å². The van der Waals surface area contributed by atoms with Gasteiger partial charge >= 0.3 is 135 Å². The first-order chi connectivity index (χ1) is 22.3. The molecule has 1 N–H and O–H groups in total. The summed E-state index contributed by atoms with van der Waals surface area (Å²) in [6.45, 7) is 5.06. The zero-order valence-corrected chi connectivity index (χ0v) is 37.0. The van der Waals surface area contributed by atoms with Crippen LogP contribution in [0.4, 0.5) is 20.2 Å². The maximum atomic E-state index is 12.9. The van der Waals surface area contributed by atoms with Crippen LogP contribution in [0.5, 0.6) is 0 Å². The number of esters is 2. The summed E-state index contributed by atoms with van der Waals surface area (Å²) in [7, 11) is -7.23. The van der Waals surface area contributed by atoms with Crippen LogP contribution in [-0.2, 0) is 49.2 Å². The van der Waals surface area contributed by atoms with E-state index in [0.717, 1.165) is 10.7 Å². The molecule has 22 heteroatoms. The van der Waals surface area contributed by atoms with Gasteiger partial charge in [-0.2, -0.15) is 25.9 Å². The molecule has 4 rings (SSSR count). The van der Waals surface area contributed by atoms with Crippen molar-refractivity contribution >= 4 is 66.1 Å². The topological polar surface area (TPSA) is 192 Å². The summed E-state index contributed by atoms with van der Waals surface area (Å²) >= 11 is 2.94. The Morgan fingerprint density at radius 2 is 1.30 bits per heavy atom. The van der Waals surface area contributed by atoms with Gasteiger partial charge in [-0.25, -0.2) is 8.78 Å². The molecular formula is C28H41BrF2K2N4O11S2. The summed E-state index contributed by atoms with van der Waals surface area (Å²) in [5.74, 6) is -1.60. The summed E-state index contributed by atoms with van der Waals surface area (Å²) in [5.41, 5.74) is 0.869. The van der Waals surface area contributed by atoms with Crippen molar-refractivity contribution in [2.45, 2.75) is 34.1 Å². The van der Waals surface area contributed by atoms with E-state index in [1.165, 1.54) is 57.1 Å². The van der Waals surface area contributed by atoms with Gasteiger partial charge in [-0.1, -0.05) is 23.4 Å². The Kier molecular flexibility index (Phi) is 31.7. The van der Waals surface area contributed by atoms with Gasteiger partial charge in [-0.05, 0) is 75.2 Å². The van der Waals surface area contributed by atoms with Crippen LogP contribution in [-0.4, -0.2) is 90.8 Å². The fourth-order valence-electron chi connectivity index (χ4n) is 3.84. The Labute approximate surface area is 387 Å². The fourth-order valence-corrected chi connectivity index (χ4v) is 6.98. The van der Waals surface area contributed by atoms with E-state index in [4.69, 9.17) is 14.8 Å². The van der Waals surface area contributed by atoms with Gasteiger partial charge < -0.3 is 21.0 Å². The number of hydrogen-bond acceptors (Lipinski definition) is 11. The SMILES string of the molecule is C.CCOC(=O)CBr.CCOC(=O)CN1CCCN(c2ccc(F)cc2)S1(=O)=O.O=CO[O-].O=S1(=O)NCCCN1c1ccc(F)cc1.[H-].[K+].[K+]. The fraction of sp³-hybridized carbons (Fsp3) is 0.464. The molecule has 0 unspecified atom stereocenters. The minimum atomic E-state index is -3.80. The zero-order chi connectivity index (χ0) is 35.5. The molecule has 0 radical (unpaired) electrons. The number of benzene rings is 2. The Morgan fingerprint density at radius 3 is 1.70 bits per heavy atom. The average molecular weight is 870 g/mol. The van der Waals surface area contributed by atoms with Gasteiger partial charge in [0.05, 0.1) is 24.6 Å². The minimum absolute atomic E-state index is 0. The third-order valence-electron chi connectivity index (χ3n) is 5.78. The van der Waals surface area contributed by atoms with Crippen LogP contribution in [0, 0.1) is 11.6 Å². The minimum Gasteiger partial charge on any atom is -1.00 e. The number of carbonyl (C=O) groups excluding carboxylic acids is 3. The maximum absolute atomic E-state index is 12.9. The molecule has 50 heavy (non-hydrogen) atoms. The van der Waals surface area contributed by atoms with Gasteiger partial charge in [0.1, 0.15) is 23.5 Å². The van der Waals surface area contributed by atoms with E-state index >= 15 is 0 Å². The summed E-state index contributed by atoms with van der Waals surface area (Å²) in [5, 5.41) is 8.72. The van der Waals surface area contributed by atoms with Crippen molar-refractivity contribution in [3.05, 3.63) is 60.2 Å². The standard InChI is InChI=1S/C13H17FN2O4S.C9H11FN2O2S.C4H7BrO2.CH2O3.CH4.2K.H/c1-2-20-13(17)10-15-8-3-9-16(21(15,18)19)12-6-4-11(14)5-7-12;10-8-2-4-9(5-3-8)12-7-1-6-11-15(12,13)14;1-2-7-4(6)3-5;2-1-4-3;;;;/h4-7H,2-3,8-10H2,1H3;2-5,11H,1,6-7H2;2-3H2,1H3;1,3H;1H4;;;/q;;;;;2*+1;-1/p-1. The zero-order valence-electron chi connectivity index (χ0n) is 28.5. The van der Waals surface area contributed by atoms with Gasteiger partial charge in [0.25, 0.3) is 6.47 Å². The predicted octanol–water partition coefficient (Wildman–Crippen LogP) is -3.85. The van der Waals surface area contributed by atoms with Crippen LogP contribution in [0.1, 0.15) is 35.5 Å². The van der Waals surface area contributed by atoms with E-state index < -0.39 is 32.2 Å². The molecule has 0 atom stereocenters. The van der Waals surface area contributed by atoms with Crippen molar-refractivity contribution in [2.24, 2.45) is 0 Å². The van der Waals surface area contributed by atoms with Crippen LogP contribution in [0.2, 0.25) is 0 Å². The summed E-state index contributed by atoms with van der Waals surface area (Å²) in [6.07, 6.45) is 1.33. The number of anilines is 2. The van der Waals surface area contributed by atoms with Crippen molar-refractivity contribution < 1.29 is 164 Å². The molecule has 2 aromatic rings. The van der Waals surface area contributed by atoms with Gasteiger partial charge in [0.15, 0.2) is 0 Å². The van der Waals surface area contributed by atoms with Crippen LogP contribution in [0.3, 0.4) is 0 Å². The number of nitrogens with one attached hydrogen (secondary N) is 1. The average Bonchev–Trinajstić information content (AvgIpc) is 3.04. The largest absolute Gasteiger partial charge is 1.00 e. The number of rotatable bonds is 8. The van der Waals surface area contributed by atoms with Crippen molar-refractivity contribution in [3.8, 4) is 0 Å². The molecule has 2 saturated heterocycles. The number of halogens is 3. The van der Waals surface area contributed by atoms with Crippen molar-refractivity contribution in [3.63, 3.8) is 0 Å². The van der Waals surface area contributed by atoms with E-state index in [0.29, 0.717) is 49.4 Å². The summed E-state index contributed by atoms with van der Waals surface area (Å²) in [6, 6.07) is 10.6. The summed E-state index contributed by atoms with van der Waals surface area (Å²) in [4.78, 5) is 32.9. The van der Waals surface area contributed by atoms with E-state index in [1.54, 1.807) is 13.8 Å². The first kappa shape index (κ1) is 54.2. The second-order valence-electron chi connectivity index (χ2n) is 8.98. The molecule has 2 fully saturated rings. The Balaban J connectivity index is -0.000000324. The molecule has 0 aromatic heterocycles. The van der Waals surface area contributed by atoms with E-state index in [1.807, 2.05) is 0 Å². The quantitative estimate of drug-likeness (QED) is 0.0683. The van der Waals surface area contributed by atoms with Crippen molar-refractivity contribution in [1.82, 2.24) is 9.03 Å².